The molecule has 1 atom stereocenters. The maximum absolute atomic E-state index is 14.5. The van der Waals surface area contributed by atoms with Crippen molar-refractivity contribution in [3.05, 3.63) is 59.4 Å². The van der Waals surface area contributed by atoms with Crippen molar-refractivity contribution in [1.29, 1.82) is 0 Å². The highest BCUT2D eigenvalue weighted by atomic mass is 19.1. The van der Waals surface area contributed by atoms with E-state index in [1.807, 2.05) is 0 Å². The van der Waals surface area contributed by atoms with E-state index in [0.717, 1.165) is 5.56 Å². The number of rotatable bonds is 8. The number of methoxy groups -OCH3 is 2. The second kappa shape index (κ2) is 9.39. The molecule has 3 rings (SSSR count). The number of carboxylic acid groups (broad SMARTS) is 1. The predicted octanol–water partition coefficient (Wildman–Crippen LogP) is 2.44. The Kier molecular flexibility index (Phi) is 6.66. The average Bonchev–Trinajstić information content (AvgIpc) is 3.18. The Hall–Kier alpha value is -3.42. The third-order valence-corrected chi connectivity index (χ3v) is 4.92. The van der Waals surface area contributed by atoms with Gasteiger partial charge in [-0.15, -0.1) is 0 Å². The fourth-order valence-electron chi connectivity index (χ4n) is 3.42. The smallest absolute Gasteiger partial charge is 0.243 e. The maximum atomic E-state index is 14.5. The lowest BCUT2D eigenvalue weighted by Gasteiger charge is -2.22. The summed E-state index contributed by atoms with van der Waals surface area (Å²) < 4.78 is 25.1. The van der Waals surface area contributed by atoms with Gasteiger partial charge in [-0.1, -0.05) is 18.2 Å². The van der Waals surface area contributed by atoms with E-state index in [0.29, 0.717) is 29.2 Å². The van der Waals surface area contributed by atoms with Crippen LogP contribution in [0.1, 0.15) is 42.9 Å². The van der Waals surface area contributed by atoms with E-state index in [2.05, 4.69) is 5.10 Å². The van der Waals surface area contributed by atoms with Gasteiger partial charge in [0.05, 0.1) is 26.0 Å². The van der Waals surface area contributed by atoms with Crippen LogP contribution >= 0.6 is 0 Å². The summed E-state index contributed by atoms with van der Waals surface area (Å²) in [4.78, 5) is 23.4. The van der Waals surface area contributed by atoms with Gasteiger partial charge >= 0.3 is 0 Å². The summed E-state index contributed by atoms with van der Waals surface area (Å²) in [5.74, 6) is -0.956. The summed E-state index contributed by atoms with van der Waals surface area (Å²) in [7, 11) is 3.05. The third kappa shape index (κ3) is 4.59. The van der Waals surface area contributed by atoms with Crippen LogP contribution in [0.5, 0.6) is 11.5 Å². The average molecular weight is 413 g/mol. The molecule has 1 aliphatic heterocycles. The second-order valence-electron chi connectivity index (χ2n) is 6.82. The van der Waals surface area contributed by atoms with E-state index in [1.165, 1.54) is 25.3 Å². The lowest BCUT2D eigenvalue weighted by molar-refractivity contribution is -0.305. The highest BCUT2D eigenvalue weighted by molar-refractivity contribution is 6.03. The van der Waals surface area contributed by atoms with Gasteiger partial charge in [-0.3, -0.25) is 4.79 Å². The largest absolute Gasteiger partial charge is 0.550 e. The summed E-state index contributed by atoms with van der Waals surface area (Å²) in [6, 6.07) is 10.9. The van der Waals surface area contributed by atoms with E-state index >= 15 is 0 Å². The minimum atomic E-state index is -1.22. The lowest BCUT2D eigenvalue weighted by Crippen LogP contribution is -2.28. The van der Waals surface area contributed by atoms with Crippen LogP contribution in [0.4, 0.5) is 4.39 Å². The zero-order chi connectivity index (χ0) is 21.7. The molecule has 0 N–H and O–H groups in total. The van der Waals surface area contributed by atoms with Gasteiger partial charge in [0.15, 0.2) is 11.5 Å². The first kappa shape index (κ1) is 21.3. The molecular weight excluding hydrogens is 391 g/mol. The fraction of sp³-hybridized carbons (Fsp3) is 0.318. The van der Waals surface area contributed by atoms with E-state index in [-0.39, 0.29) is 25.2 Å². The maximum Gasteiger partial charge on any atom is 0.243 e. The number of carbonyl (C=O) groups is 2. The van der Waals surface area contributed by atoms with Crippen molar-refractivity contribution in [2.75, 3.05) is 14.2 Å². The number of aliphatic carboxylic acids is 1. The molecule has 2 aromatic carbocycles. The van der Waals surface area contributed by atoms with E-state index in [9.17, 15) is 19.1 Å². The van der Waals surface area contributed by atoms with Gasteiger partial charge in [0.25, 0.3) is 0 Å². The van der Waals surface area contributed by atoms with Crippen molar-refractivity contribution in [1.82, 2.24) is 5.01 Å². The molecule has 1 aliphatic rings. The molecule has 158 valence electrons. The Labute approximate surface area is 173 Å². The minimum absolute atomic E-state index is 0.0261. The fourth-order valence-corrected chi connectivity index (χ4v) is 3.42. The van der Waals surface area contributed by atoms with Gasteiger partial charge in [0.1, 0.15) is 5.82 Å². The molecule has 0 spiro atoms. The molecule has 1 amide bonds. The lowest BCUT2D eigenvalue weighted by atomic mass is 9.97. The van der Waals surface area contributed by atoms with E-state index < -0.39 is 17.8 Å². The molecule has 30 heavy (non-hydrogen) atoms. The van der Waals surface area contributed by atoms with Crippen molar-refractivity contribution in [3.8, 4) is 11.5 Å². The molecule has 7 nitrogen and oxygen atoms in total. The van der Waals surface area contributed by atoms with Crippen LogP contribution in [0.25, 0.3) is 0 Å². The Morgan fingerprint density at radius 1 is 1.13 bits per heavy atom. The van der Waals surface area contributed by atoms with Crippen LogP contribution in [0.3, 0.4) is 0 Å². The molecule has 2 aromatic rings. The number of amides is 1. The molecule has 0 saturated carbocycles. The number of carbonyl (C=O) groups excluding carboxylic acids is 2. The second-order valence-corrected chi connectivity index (χ2v) is 6.82. The summed E-state index contributed by atoms with van der Waals surface area (Å²) in [5.41, 5.74) is 1.67. The highest BCUT2D eigenvalue weighted by Gasteiger charge is 2.34. The number of ether oxygens (including phenoxy) is 2. The molecule has 0 aliphatic carbocycles. The van der Waals surface area contributed by atoms with Crippen molar-refractivity contribution >= 4 is 17.6 Å². The number of carboxylic acids is 1. The minimum Gasteiger partial charge on any atom is -0.550 e. The van der Waals surface area contributed by atoms with Crippen LogP contribution in [0, 0.1) is 5.82 Å². The first-order valence-corrected chi connectivity index (χ1v) is 9.50. The van der Waals surface area contributed by atoms with Crippen LogP contribution in [0.15, 0.2) is 47.6 Å². The van der Waals surface area contributed by atoms with Gasteiger partial charge in [-0.05, 0) is 37.1 Å². The SMILES string of the molecule is COc1ccc(C2=NN(C(=O)CCCC(=O)[O-])[C@H](c3ccccc3F)C2)cc1OC. The van der Waals surface area contributed by atoms with Crippen LogP contribution in [-0.4, -0.2) is 36.8 Å². The Morgan fingerprint density at radius 3 is 2.53 bits per heavy atom. The first-order chi connectivity index (χ1) is 14.4. The molecule has 0 aromatic heterocycles. The summed E-state index contributed by atoms with van der Waals surface area (Å²) in [5, 5.41) is 16.4. The van der Waals surface area contributed by atoms with Crippen molar-refractivity contribution in [3.63, 3.8) is 0 Å². The number of benzene rings is 2. The molecule has 0 saturated heterocycles. The van der Waals surface area contributed by atoms with Gasteiger partial charge in [-0.2, -0.15) is 5.10 Å². The van der Waals surface area contributed by atoms with Crippen molar-refractivity contribution < 1.29 is 28.6 Å². The normalized spacial score (nSPS) is 15.6. The van der Waals surface area contributed by atoms with E-state index in [4.69, 9.17) is 9.47 Å². The number of halogens is 1. The monoisotopic (exact) mass is 413 g/mol. The zero-order valence-corrected chi connectivity index (χ0v) is 16.8. The Balaban J connectivity index is 1.92. The molecular formula is C22H22FN2O5-. The van der Waals surface area contributed by atoms with E-state index in [1.54, 1.807) is 36.4 Å². The Morgan fingerprint density at radius 2 is 1.87 bits per heavy atom. The van der Waals surface area contributed by atoms with Crippen LogP contribution in [-0.2, 0) is 9.59 Å². The molecule has 8 heteroatoms. The number of nitrogens with zero attached hydrogens (tertiary/aromatic N) is 2. The topological polar surface area (TPSA) is 91.3 Å². The van der Waals surface area contributed by atoms with Gasteiger partial charge in [-0.25, -0.2) is 9.40 Å². The predicted molar refractivity (Wildman–Crippen MR) is 106 cm³/mol. The number of hydrogen-bond acceptors (Lipinski definition) is 6. The first-order valence-electron chi connectivity index (χ1n) is 9.50. The molecule has 0 unspecified atom stereocenters. The summed E-state index contributed by atoms with van der Waals surface area (Å²) in [6.45, 7) is 0. The van der Waals surface area contributed by atoms with Crippen LogP contribution in [0.2, 0.25) is 0 Å². The quantitative estimate of drug-likeness (QED) is 0.663. The molecule has 1 heterocycles. The number of hydrazone groups is 1. The number of hydrogen-bond donors (Lipinski definition) is 0. The molecule has 0 bridgehead atoms. The van der Waals surface area contributed by atoms with Gasteiger partial charge < -0.3 is 19.4 Å². The zero-order valence-electron chi connectivity index (χ0n) is 16.8. The van der Waals surface area contributed by atoms with Crippen molar-refractivity contribution in [2.45, 2.75) is 31.7 Å². The summed E-state index contributed by atoms with van der Waals surface area (Å²) in [6.07, 6.45) is 0.184. The van der Waals surface area contributed by atoms with Gasteiger partial charge in [0.2, 0.25) is 5.91 Å². The molecule has 0 fully saturated rings. The van der Waals surface area contributed by atoms with Crippen molar-refractivity contribution in [2.24, 2.45) is 5.10 Å². The van der Waals surface area contributed by atoms with Gasteiger partial charge in [0, 0.05) is 29.9 Å². The standard InChI is InChI=1S/C22H23FN2O5/c1-29-19-11-10-14(12-20(19)30-2)17-13-18(15-6-3-4-7-16(15)23)25(24-17)21(26)8-5-9-22(27)28/h3-4,6-7,10-12,18H,5,8-9,13H2,1-2H3,(H,27,28)/p-1/t18-/m0/s1. The highest BCUT2D eigenvalue weighted by Crippen LogP contribution is 2.36. The molecule has 0 radical (unpaired) electrons. The van der Waals surface area contributed by atoms with Crippen LogP contribution < -0.4 is 14.6 Å². The Bertz CT molecular complexity index is 976. The summed E-state index contributed by atoms with van der Waals surface area (Å²) >= 11 is 0. The third-order valence-electron chi connectivity index (χ3n) is 4.92.